The highest BCUT2D eigenvalue weighted by molar-refractivity contribution is 5.84. The van der Waals surface area contributed by atoms with Crippen LogP contribution in [0.5, 0.6) is 0 Å². The number of carbonyl (C=O) groups is 1. The van der Waals surface area contributed by atoms with Gasteiger partial charge < -0.3 is 15.5 Å². The Labute approximate surface area is 140 Å². The summed E-state index contributed by atoms with van der Waals surface area (Å²) in [5.41, 5.74) is 2.08. The quantitative estimate of drug-likeness (QED) is 0.623. The Hall–Kier alpha value is -2.04. The van der Waals surface area contributed by atoms with Gasteiger partial charge in [-0.05, 0) is 31.4 Å². The molecule has 1 rings (SSSR count). The minimum Gasteiger partial charge on any atom is -0.359 e. The smallest absolute Gasteiger partial charge is 0.227 e. The number of carbonyl (C=O) groups excluding carboxylic acids is 1. The van der Waals surface area contributed by atoms with Crippen LogP contribution in [0.15, 0.2) is 29.3 Å². The first-order valence-electron chi connectivity index (χ1n) is 8.05. The molecule has 0 saturated carbocycles. The van der Waals surface area contributed by atoms with Gasteiger partial charge in [0.1, 0.15) is 0 Å². The minimum atomic E-state index is -0.492. The predicted molar refractivity (Wildman–Crippen MR) is 96.5 cm³/mol. The maximum atomic E-state index is 11.9. The predicted octanol–water partition coefficient (Wildman–Crippen LogP) is 2.03. The van der Waals surface area contributed by atoms with E-state index in [9.17, 15) is 4.79 Å². The molecule has 0 saturated heterocycles. The summed E-state index contributed by atoms with van der Waals surface area (Å²) in [4.78, 5) is 18.2. The topological polar surface area (TPSA) is 56.7 Å². The fourth-order valence-electron chi connectivity index (χ4n) is 2.33. The summed E-state index contributed by atoms with van der Waals surface area (Å²) in [5.74, 6) is 0.791. The molecule has 5 nitrogen and oxygen atoms in total. The Morgan fingerprint density at radius 2 is 1.78 bits per heavy atom. The molecule has 2 N–H and O–H groups in total. The molecule has 0 atom stereocenters. The Kier molecular flexibility index (Phi) is 7.07. The molecular weight excluding hydrogens is 288 g/mol. The molecule has 128 valence electrons. The lowest BCUT2D eigenvalue weighted by molar-refractivity contribution is -0.128. The third kappa shape index (κ3) is 5.58. The zero-order valence-corrected chi connectivity index (χ0v) is 15.2. The fourth-order valence-corrected chi connectivity index (χ4v) is 2.33. The molecule has 0 fully saturated rings. The number of amides is 1. The molecule has 5 heteroatoms. The lowest BCUT2D eigenvalue weighted by atomic mass is 9.92. The molecule has 0 aliphatic carbocycles. The summed E-state index contributed by atoms with van der Waals surface area (Å²) in [6, 6.07) is 8.62. The molecule has 1 aromatic rings. The van der Waals surface area contributed by atoms with Gasteiger partial charge in [0.2, 0.25) is 5.91 Å². The van der Waals surface area contributed by atoms with E-state index in [0.29, 0.717) is 6.54 Å². The highest BCUT2D eigenvalue weighted by atomic mass is 16.2. The van der Waals surface area contributed by atoms with Crippen LogP contribution in [0.1, 0.15) is 31.9 Å². The number of nitrogens with zero attached hydrogens (tertiary/aromatic N) is 2. The standard InChI is InChI=1S/C18H30N4O/c1-7-14-8-10-15(11-9-14)12-22(6)17(20-5)21-13-18(2,3)16(23)19-4/h8-11H,7,12-13H2,1-6H3,(H,19,23)(H,20,21). The van der Waals surface area contributed by atoms with Crippen LogP contribution >= 0.6 is 0 Å². The largest absolute Gasteiger partial charge is 0.359 e. The van der Waals surface area contributed by atoms with Gasteiger partial charge in [-0.15, -0.1) is 0 Å². The van der Waals surface area contributed by atoms with Crippen LogP contribution in [-0.2, 0) is 17.8 Å². The molecule has 0 spiro atoms. The van der Waals surface area contributed by atoms with Crippen molar-refractivity contribution in [3.8, 4) is 0 Å². The summed E-state index contributed by atoms with van der Waals surface area (Å²) in [6.07, 6.45) is 1.05. The molecule has 0 heterocycles. The summed E-state index contributed by atoms with van der Waals surface area (Å²) in [5, 5.41) is 5.98. The number of nitrogens with one attached hydrogen (secondary N) is 2. The van der Waals surface area contributed by atoms with E-state index in [1.165, 1.54) is 11.1 Å². The monoisotopic (exact) mass is 318 g/mol. The van der Waals surface area contributed by atoms with E-state index in [2.05, 4.69) is 51.7 Å². The summed E-state index contributed by atoms with van der Waals surface area (Å²) < 4.78 is 0. The van der Waals surface area contributed by atoms with Crippen LogP contribution in [0, 0.1) is 5.41 Å². The van der Waals surface area contributed by atoms with Crippen LogP contribution in [0.25, 0.3) is 0 Å². The highest BCUT2D eigenvalue weighted by Crippen LogP contribution is 2.13. The second-order valence-electron chi connectivity index (χ2n) is 6.39. The Balaban J connectivity index is 2.64. The van der Waals surface area contributed by atoms with Crippen molar-refractivity contribution in [3.05, 3.63) is 35.4 Å². The molecule has 0 unspecified atom stereocenters. The highest BCUT2D eigenvalue weighted by Gasteiger charge is 2.27. The first-order valence-corrected chi connectivity index (χ1v) is 8.05. The Morgan fingerprint density at radius 1 is 1.22 bits per heavy atom. The van der Waals surface area contributed by atoms with Gasteiger partial charge in [0, 0.05) is 34.2 Å². The normalized spacial score (nSPS) is 12.0. The third-order valence-electron chi connectivity index (χ3n) is 3.95. The second kappa shape index (κ2) is 8.56. The molecular formula is C18H30N4O. The first-order chi connectivity index (χ1) is 10.8. The Bertz CT molecular complexity index is 534. The third-order valence-corrected chi connectivity index (χ3v) is 3.95. The van der Waals surface area contributed by atoms with Gasteiger partial charge in [-0.25, -0.2) is 0 Å². The van der Waals surface area contributed by atoms with Gasteiger partial charge in [0.05, 0.1) is 5.41 Å². The van der Waals surface area contributed by atoms with Gasteiger partial charge in [0.15, 0.2) is 5.96 Å². The van der Waals surface area contributed by atoms with Crippen LogP contribution in [-0.4, -0.2) is 44.5 Å². The van der Waals surface area contributed by atoms with Crippen molar-refractivity contribution in [2.24, 2.45) is 10.4 Å². The van der Waals surface area contributed by atoms with Crippen molar-refractivity contribution < 1.29 is 4.79 Å². The van der Waals surface area contributed by atoms with E-state index >= 15 is 0 Å². The molecule has 23 heavy (non-hydrogen) atoms. The molecule has 1 amide bonds. The lowest BCUT2D eigenvalue weighted by Crippen LogP contribution is -2.47. The van der Waals surface area contributed by atoms with Crippen LogP contribution < -0.4 is 10.6 Å². The van der Waals surface area contributed by atoms with Gasteiger partial charge >= 0.3 is 0 Å². The minimum absolute atomic E-state index is 0.0123. The van der Waals surface area contributed by atoms with E-state index in [-0.39, 0.29) is 5.91 Å². The SMILES string of the molecule is CCc1ccc(CN(C)C(=NC)NCC(C)(C)C(=O)NC)cc1. The maximum Gasteiger partial charge on any atom is 0.227 e. The van der Waals surface area contributed by atoms with Crippen molar-refractivity contribution in [2.45, 2.75) is 33.7 Å². The van der Waals surface area contributed by atoms with Gasteiger partial charge in [0.25, 0.3) is 0 Å². The molecule has 0 bridgehead atoms. The second-order valence-corrected chi connectivity index (χ2v) is 6.39. The zero-order valence-electron chi connectivity index (χ0n) is 15.2. The van der Waals surface area contributed by atoms with Crippen LogP contribution in [0.4, 0.5) is 0 Å². The van der Waals surface area contributed by atoms with Gasteiger partial charge in [-0.2, -0.15) is 0 Å². The average molecular weight is 318 g/mol. The number of guanidine groups is 1. The number of aliphatic imine (C=N–C) groups is 1. The lowest BCUT2D eigenvalue weighted by Gasteiger charge is -2.27. The molecule has 0 radical (unpaired) electrons. The fraction of sp³-hybridized carbons (Fsp3) is 0.556. The first kappa shape index (κ1) is 19.0. The number of benzene rings is 1. The Morgan fingerprint density at radius 3 is 2.26 bits per heavy atom. The van der Waals surface area contributed by atoms with E-state index < -0.39 is 5.41 Å². The summed E-state index contributed by atoms with van der Waals surface area (Å²) in [6.45, 7) is 7.27. The van der Waals surface area contributed by atoms with E-state index in [4.69, 9.17) is 0 Å². The number of hydrogen-bond acceptors (Lipinski definition) is 2. The summed E-state index contributed by atoms with van der Waals surface area (Å²) >= 11 is 0. The van der Waals surface area contributed by atoms with Gasteiger partial charge in [-0.1, -0.05) is 31.2 Å². The van der Waals surface area contributed by atoms with Crippen LogP contribution in [0.3, 0.4) is 0 Å². The molecule has 0 aliphatic rings. The van der Waals surface area contributed by atoms with Crippen molar-refractivity contribution in [1.82, 2.24) is 15.5 Å². The van der Waals surface area contributed by atoms with Crippen molar-refractivity contribution in [2.75, 3.05) is 27.7 Å². The summed E-state index contributed by atoms with van der Waals surface area (Å²) in [7, 11) is 5.41. The molecule has 1 aromatic carbocycles. The van der Waals surface area contributed by atoms with E-state index in [1.807, 2.05) is 20.9 Å². The maximum absolute atomic E-state index is 11.9. The average Bonchev–Trinajstić information content (AvgIpc) is 2.55. The van der Waals surface area contributed by atoms with Gasteiger partial charge in [-0.3, -0.25) is 9.79 Å². The number of rotatable bonds is 6. The van der Waals surface area contributed by atoms with E-state index in [1.54, 1.807) is 14.1 Å². The number of aryl methyl sites for hydroxylation is 1. The van der Waals surface area contributed by atoms with Crippen molar-refractivity contribution >= 4 is 11.9 Å². The molecule has 0 aromatic heterocycles. The van der Waals surface area contributed by atoms with Crippen molar-refractivity contribution in [1.29, 1.82) is 0 Å². The zero-order chi connectivity index (χ0) is 17.5. The van der Waals surface area contributed by atoms with E-state index in [0.717, 1.165) is 18.9 Å². The molecule has 0 aliphatic heterocycles. The van der Waals surface area contributed by atoms with Crippen LogP contribution in [0.2, 0.25) is 0 Å². The van der Waals surface area contributed by atoms with Crippen molar-refractivity contribution in [3.63, 3.8) is 0 Å². The number of hydrogen-bond donors (Lipinski definition) is 2.